The molecule has 18 heavy (non-hydrogen) atoms. The topological polar surface area (TPSA) is 0 Å². The van der Waals surface area contributed by atoms with Crippen LogP contribution in [-0.2, 0) is 0 Å². The van der Waals surface area contributed by atoms with Crippen molar-refractivity contribution in [2.75, 3.05) is 0 Å². The Kier molecular flexibility index (Phi) is 6.66. The maximum Gasteiger partial charge on any atom is 0.392 e. The molecule has 0 aromatic heterocycles. The lowest BCUT2D eigenvalue weighted by molar-refractivity contribution is -0.188. The fourth-order valence-corrected chi connectivity index (χ4v) is 2.17. The molecule has 4 heteroatoms. The van der Waals surface area contributed by atoms with Crippen LogP contribution in [0.5, 0.6) is 0 Å². The highest BCUT2D eigenvalue weighted by molar-refractivity contribution is 4.79. The minimum atomic E-state index is -4.14. The molecule has 0 radical (unpaired) electrons. The quantitative estimate of drug-likeness (QED) is 0.515. The Hall–Kier alpha value is -0.280. The molecule has 3 atom stereocenters. The van der Waals surface area contributed by atoms with E-state index in [1.807, 2.05) is 0 Å². The van der Waals surface area contributed by atoms with E-state index in [0.29, 0.717) is 19.3 Å². The van der Waals surface area contributed by atoms with Crippen LogP contribution in [0.15, 0.2) is 0 Å². The Labute approximate surface area is 108 Å². The lowest BCUT2D eigenvalue weighted by atomic mass is 9.83. The van der Waals surface area contributed by atoms with Gasteiger partial charge in [0.2, 0.25) is 0 Å². The van der Waals surface area contributed by atoms with E-state index in [1.54, 1.807) is 27.7 Å². The molecule has 0 saturated heterocycles. The van der Waals surface area contributed by atoms with Gasteiger partial charge in [0.05, 0.1) is 5.92 Å². The number of alkyl halides is 4. The molecular formula is C14H26F4. The summed E-state index contributed by atoms with van der Waals surface area (Å²) in [6.07, 6.45) is -2.68. The Balaban J connectivity index is 4.24. The van der Waals surface area contributed by atoms with Crippen LogP contribution in [-0.4, -0.2) is 11.8 Å². The van der Waals surface area contributed by atoms with Crippen molar-refractivity contribution in [2.24, 2.45) is 17.8 Å². The molecule has 0 aromatic rings. The molecule has 0 bridgehead atoms. The molecule has 0 rings (SSSR count). The number of hydrogen-bond acceptors (Lipinski definition) is 0. The lowest BCUT2D eigenvalue weighted by Gasteiger charge is -2.28. The maximum absolute atomic E-state index is 13.9. The van der Waals surface area contributed by atoms with Gasteiger partial charge in [-0.15, -0.1) is 0 Å². The van der Waals surface area contributed by atoms with Gasteiger partial charge in [0.1, 0.15) is 5.67 Å². The van der Waals surface area contributed by atoms with Crippen LogP contribution in [0, 0.1) is 17.8 Å². The molecule has 0 amide bonds. The minimum Gasteiger partial charge on any atom is -0.244 e. The van der Waals surface area contributed by atoms with E-state index in [-0.39, 0.29) is 12.3 Å². The van der Waals surface area contributed by atoms with Crippen LogP contribution in [0.25, 0.3) is 0 Å². The number of hydrogen-bond donors (Lipinski definition) is 0. The third-order valence-corrected chi connectivity index (χ3v) is 4.10. The second-order valence-electron chi connectivity index (χ2n) is 5.86. The highest BCUT2D eigenvalue weighted by atomic mass is 19.4. The van der Waals surface area contributed by atoms with Gasteiger partial charge in [0.25, 0.3) is 0 Å². The zero-order valence-electron chi connectivity index (χ0n) is 12.1. The molecule has 0 spiro atoms. The van der Waals surface area contributed by atoms with Crippen molar-refractivity contribution in [1.29, 1.82) is 0 Å². The van der Waals surface area contributed by atoms with Crippen molar-refractivity contribution in [2.45, 2.75) is 72.1 Å². The van der Waals surface area contributed by atoms with Crippen LogP contribution < -0.4 is 0 Å². The first-order valence-corrected chi connectivity index (χ1v) is 6.78. The van der Waals surface area contributed by atoms with Gasteiger partial charge >= 0.3 is 6.18 Å². The van der Waals surface area contributed by atoms with Crippen LogP contribution in [0.3, 0.4) is 0 Å². The monoisotopic (exact) mass is 270 g/mol. The molecule has 0 aliphatic rings. The average Bonchev–Trinajstić information content (AvgIpc) is 2.21. The van der Waals surface area contributed by atoms with Crippen molar-refractivity contribution in [3.63, 3.8) is 0 Å². The highest BCUT2D eigenvalue weighted by Crippen LogP contribution is 2.37. The second-order valence-corrected chi connectivity index (χ2v) is 5.86. The molecule has 0 N–H and O–H groups in total. The largest absolute Gasteiger partial charge is 0.392 e. The Morgan fingerprint density at radius 2 is 1.44 bits per heavy atom. The summed E-state index contributed by atoms with van der Waals surface area (Å²) in [6, 6.07) is 0. The summed E-state index contributed by atoms with van der Waals surface area (Å²) < 4.78 is 52.1. The van der Waals surface area contributed by atoms with Gasteiger partial charge in [0, 0.05) is 0 Å². The fraction of sp³-hybridized carbons (Fsp3) is 1.00. The third-order valence-electron chi connectivity index (χ3n) is 4.10. The first kappa shape index (κ1) is 17.7. The predicted molar refractivity (Wildman–Crippen MR) is 67.2 cm³/mol. The molecule has 0 aliphatic carbocycles. The summed E-state index contributed by atoms with van der Waals surface area (Å²) in [7, 11) is 0. The van der Waals surface area contributed by atoms with Gasteiger partial charge in [-0.1, -0.05) is 34.1 Å². The maximum atomic E-state index is 13.9. The zero-order chi connectivity index (χ0) is 14.6. The first-order valence-electron chi connectivity index (χ1n) is 6.78. The summed E-state index contributed by atoms with van der Waals surface area (Å²) in [6.45, 7) is 8.26. The van der Waals surface area contributed by atoms with E-state index in [4.69, 9.17) is 0 Å². The van der Waals surface area contributed by atoms with Gasteiger partial charge in [-0.25, -0.2) is 4.39 Å². The van der Waals surface area contributed by atoms with Gasteiger partial charge in [-0.3, -0.25) is 0 Å². The standard InChI is InChI=1S/C14H26F4/c1-6-13(5,15)11(4)8-7-9-12(10(2)3)14(16,17)18/h10-12H,6-9H2,1-5H3. The summed E-state index contributed by atoms with van der Waals surface area (Å²) >= 11 is 0. The summed E-state index contributed by atoms with van der Waals surface area (Å²) in [5.41, 5.74) is -1.27. The molecule has 110 valence electrons. The highest BCUT2D eigenvalue weighted by Gasteiger charge is 2.41. The van der Waals surface area contributed by atoms with Crippen LogP contribution in [0.4, 0.5) is 17.6 Å². The van der Waals surface area contributed by atoms with E-state index < -0.39 is 23.7 Å². The van der Waals surface area contributed by atoms with Gasteiger partial charge < -0.3 is 0 Å². The summed E-state index contributed by atoms with van der Waals surface area (Å²) in [5.74, 6) is -1.87. The average molecular weight is 270 g/mol. The van der Waals surface area contributed by atoms with Gasteiger partial charge in [-0.2, -0.15) is 13.2 Å². The molecule has 0 aliphatic heterocycles. The van der Waals surface area contributed by atoms with Crippen molar-refractivity contribution in [1.82, 2.24) is 0 Å². The van der Waals surface area contributed by atoms with E-state index in [0.717, 1.165) is 0 Å². The summed E-state index contributed by atoms with van der Waals surface area (Å²) in [4.78, 5) is 0. The molecule has 0 heterocycles. The Bertz CT molecular complexity index is 230. The third kappa shape index (κ3) is 5.57. The zero-order valence-corrected chi connectivity index (χ0v) is 12.1. The summed E-state index contributed by atoms with van der Waals surface area (Å²) in [5, 5.41) is 0. The van der Waals surface area contributed by atoms with Crippen molar-refractivity contribution in [3.05, 3.63) is 0 Å². The fourth-order valence-electron chi connectivity index (χ4n) is 2.17. The van der Waals surface area contributed by atoms with E-state index in [2.05, 4.69) is 0 Å². The normalized spacial score (nSPS) is 19.7. The van der Waals surface area contributed by atoms with E-state index in [1.165, 1.54) is 6.92 Å². The molecule has 0 nitrogen and oxygen atoms in total. The van der Waals surface area contributed by atoms with Crippen molar-refractivity contribution >= 4 is 0 Å². The van der Waals surface area contributed by atoms with E-state index >= 15 is 0 Å². The first-order chi connectivity index (χ1) is 8.02. The number of halogens is 4. The Morgan fingerprint density at radius 3 is 1.78 bits per heavy atom. The predicted octanol–water partition coefficient (Wildman–Crippen LogP) is 5.77. The minimum absolute atomic E-state index is 0.102. The number of rotatable bonds is 7. The van der Waals surface area contributed by atoms with Crippen molar-refractivity contribution < 1.29 is 17.6 Å². The molecule has 3 unspecified atom stereocenters. The molecular weight excluding hydrogens is 244 g/mol. The van der Waals surface area contributed by atoms with Crippen LogP contribution in [0.2, 0.25) is 0 Å². The molecule has 0 fully saturated rings. The van der Waals surface area contributed by atoms with Gasteiger partial charge in [-0.05, 0) is 38.0 Å². The SMILES string of the molecule is CCC(C)(F)C(C)CCCC(C(C)C)C(F)(F)F. The smallest absolute Gasteiger partial charge is 0.244 e. The molecule has 0 saturated carbocycles. The molecule has 0 aromatic carbocycles. The second kappa shape index (κ2) is 6.76. The van der Waals surface area contributed by atoms with Crippen LogP contribution >= 0.6 is 0 Å². The lowest BCUT2D eigenvalue weighted by Crippen LogP contribution is -2.29. The van der Waals surface area contributed by atoms with Crippen LogP contribution in [0.1, 0.15) is 60.3 Å². The van der Waals surface area contributed by atoms with E-state index in [9.17, 15) is 17.6 Å². The van der Waals surface area contributed by atoms with Gasteiger partial charge in [0.15, 0.2) is 0 Å². The van der Waals surface area contributed by atoms with Crippen molar-refractivity contribution in [3.8, 4) is 0 Å². The Morgan fingerprint density at radius 1 is 0.944 bits per heavy atom.